The Morgan fingerprint density at radius 2 is 2.10 bits per heavy atom. The molecule has 1 aromatic carbocycles. The van der Waals surface area contributed by atoms with E-state index in [9.17, 15) is 0 Å². The maximum atomic E-state index is 4.51. The third kappa shape index (κ3) is 2.74. The summed E-state index contributed by atoms with van der Waals surface area (Å²) < 4.78 is 1.82. The molecule has 0 saturated carbocycles. The van der Waals surface area contributed by atoms with Gasteiger partial charge in [-0.05, 0) is 36.9 Å². The van der Waals surface area contributed by atoms with Crippen molar-refractivity contribution in [3.63, 3.8) is 0 Å². The van der Waals surface area contributed by atoms with Crippen LogP contribution in [-0.4, -0.2) is 21.0 Å². The molecule has 0 fully saturated rings. The molecule has 0 unspecified atom stereocenters. The number of aromatic nitrogens is 3. The minimum atomic E-state index is 0.759. The zero-order valence-electron chi connectivity index (χ0n) is 12.4. The molecule has 0 amide bonds. The average Bonchev–Trinajstić information content (AvgIpc) is 2.80. The van der Waals surface area contributed by atoms with E-state index in [0.717, 1.165) is 34.5 Å². The topological polar surface area (TPSA) is 42.7 Å². The molecule has 0 saturated heterocycles. The first kappa shape index (κ1) is 13.9. The molecule has 2 heterocycles. The molecule has 3 aromatic rings. The van der Waals surface area contributed by atoms with Crippen LogP contribution in [0.1, 0.15) is 11.3 Å². The Kier molecular flexibility index (Phi) is 3.84. The van der Waals surface area contributed by atoms with Crippen molar-refractivity contribution >= 4 is 28.5 Å². The molecule has 3 rings (SSSR count). The van der Waals surface area contributed by atoms with Gasteiger partial charge in [0.1, 0.15) is 0 Å². The van der Waals surface area contributed by atoms with Gasteiger partial charge in [0.25, 0.3) is 0 Å². The Bertz CT molecular complexity index is 779. The summed E-state index contributed by atoms with van der Waals surface area (Å²) in [5.41, 5.74) is 4.27. The van der Waals surface area contributed by atoms with Crippen LogP contribution in [0.5, 0.6) is 0 Å². The van der Waals surface area contributed by atoms with E-state index in [0.29, 0.717) is 0 Å². The summed E-state index contributed by atoms with van der Waals surface area (Å²) in [6, 6.07) is 10.5. The van der Waals surface area contributed by atoms with E-state index in [1.807, 2.05) is 24.9 Å². The van der Waals surface area contributed by atoms with Crippen LogP contribution < -0.4 is 5.32 Å². The second kappa shape index (κ2) is 5.77. The van der Waals surface area contributed by atoms with Crippen LogP contribution in [0.4, 0.5) is 5.69 Å². The summed E-state index contributed by atoms with van der Waals surface area (Å²) in [4.78, 5) is 5.77. The lowest BCUT2D eigenvalue weighted by Crippen LogP contribution is -2.01. The van der Waals surface area contributed by atoms with Gasteiger partial charge in [-0.1, -0.05) is 12.1 Å². The second-order valence-corrected chi connectivity index (χ2v) is 5.83. The minimum absolute atomic E-state index is 0.759. The molecule has 0 aliphatic rings. The number of aryl methyl sites for hydroxylation is 2. The van der Waals surface area contributed by atoms with Crippen LogP contribution in [0.3, 0.4) is 0 Å². The largest absolute Gasteiger partial charge is 0.380 e. The maximum Gasteiger partial charge on any atom is 0.157 e. The molecule has 0 aliphatic carbocycles. The summed E-state index contributed by atoms with van der Waals surface area (Å²) in [5, 5.41) is 9.01. The lowest BCUT2D eigenvalue weighted by molar-refractivity contribution is 0.773. The monoisotopic (exact) mass is 298 g/mol. The number of hydrogen-bond acceptors (Lipinski definition) is 4. The van der Waals surface area contributed by atoms with Gasteiger partial charge >= 0.3 is 0 Å². The van der Waals surface area contributed by atoms with Crippen molar-refractivity contribution in [2.75, 3.05) is 11.6 Å². The van der Waals surface area contributed by atoms with E-state index in [-0.39, 0.29) is 0 Å². The highest BCUT2D eigenvalue weighted by Crippen LogP contribution is 2.25. The zero-order valence-corrected chi connectivity index (χ0v) is 13.2. The van der Waals surface area contributed by atoms with Crippen LogP contribution in [-0.2, 0) is 13.6 Å². The summed E-state index contributed by atoms with van der Waals surface area (Å²) in [6.45, 7) is 2.78. The number of anilines is 1. The number of fused-ring (bicyclic) bond motifs is 1. The Hall–Kier alpha value is -2.01. The van der Waals surface area contributed by atoms with Gasteiger partial charge in [0.2, 0.25) is 0 Å². The van der Waals surface area contributed by atoms with Gasteiger partial charge in [0.05, 0.1) is 5.69 Å². The smallest absolute Gasteiger partial charge is 0.157 e. The van der Waals surface area contributed by atoms with Crippen LogP contribution in [0.2, 0.25) is 0 Å². The number of nitrogens with one attached hydrogen (secondary N) is 1. The van der Waals surface area contributed by atoms with E-state index in [1.165, 1.54) is 4.90 Å². The summed E-state index contributed by atoms with van der Waals surface area (Å²) in [5.74, 6) is 0. The minimum Gasteiger partial charge on any atom is -0.380 e. The van der Waals surface area contributed by atoms with E-state index < -0.39 is 0 Å². The number of para-hydroxylation sites is 1. The lowest BCUT2D eigenvalue weighted by Gasteiger charge is -2.10. The van der Waals surface area contributed by atoms with Crippen molar-refractivity contribution in [2.45, 2.75) is 18.4 Å². The molecule has 2 aromatic heterocycles. The van der Waals surface area contributed by atoms with Crippen molar-refractivity contribution in [1.29, 1.82) is 0 Å². The third-order valence-electron chi connectivity index (χ3n) is 3.51. The van der Waals surface area contributed by atoms with Crippen molar-refractivity contribution < 1.29 is 0 Å². The van der Waals surface area contributed by atoms with Crippen LogP contribution >= 0.6 is 11.8 Å². The van der Waals surface area contributed by atoms with E-state index in [1.54, 1.807) is 11.8 Å². The predicted octanol–water partition coefficient (Wildman–Crippen LogP) is 3.61. The SMILES string of the molecule is CSc1ccccc1NCc1cnc2c(c1)c(C)nn2C. The van der Waals surface area contributed by atoms with Crippen LogP contribution in [0, 0.1) is 6.92 Å². The van der Waals surface area contributed by atoms with Gasteiger partial charge < -0.3 is 5.32 Å². The van der Waals surface area contributed by atoms with Crippen molar-refractivity contribution in [3.05, 3.63) is 47.8 Å². The van der Waals surface area contributed by atoms with Crippen molar-refractivity contribution in [1.82, 2.24) is 14.8 Å². The van der Waals surface area contributed by atoms with E-state index in [2.05, 4.69) is 52.0 Å². The lowest BCUT2D eigenvalue weighted by atomic mass is 10.2. The second-order valence-electron chi connectivity index (χ2n) is 4.98. The Balaban J connectivity index is 1.83. The molecule has 4 nitrogen and oxygen atoms in total. The number of thioether (sulfide) groups is 1. The first-order valence-electron chi connectivity index (χ1n) is 6.84. The molecule has 5 heteroatoms. The van der Waals surface area contributed by atoms with Gasteiger partial charge in [-0.2, -0.15) is 5.10 Å². The van der Waals surface area contributed by atoms with Crippen LogP contribution in [0.25, 0.3) is 11.0 Å². The molecule has 0 atom stereocenters. The van der Waals surface area contributed by atoms with Gasteiger partial charge in [0, 0.05) is 35.8 Å². The molecule has 21 heavy (non-hydrogen) atoms. The fourth-order valence-corrected chi connectivity index (χ4v) is 3.01. The normalized spacial score (nSPS) is 11.0. The van der Waals surface area contributed by atoms with Gasteiger partial charge in [-0.3, -0.25) is 4.68 Å². The standard InChI is InChI=1S/C16H18N4S/c1-11-13-8-12(10-18-16(13)20(2)19-11)9-17-14-6-4-5-7-15(14)21-3/h4-8,10,17H,9H2,1-3H3. The first-order valence-corrected chi connectivity index (χ1v) is 8.06. The number of pyridine rings is 1. The zero-order chi connectivity index (χ0) is 14.8. The molecular formula is C16H18N4S. The Morgan fingerprint density at radius 1 is 1.29 bits per heavy atom. The van der Waals surface area contributed by atoms with Crippen LogP contribution in [0.15, 0.2) is 41.4 Å². The van der Waals surface area contributed by atoms with Crippen molar-refractivity contribution in [2.24, 2.45) is 7.05 Å². The molecule has 108 valence electrons. The number of nitrogens with zero attached hydrogens (tertiary/aromatic N) is 3. The molecule has 0 aliphatic heterocycles. The number of hydrogen-bond donors (Lipinski definition) is 1. The first-order chi connectivity index (χ1) is 10.2. The summed E-state index contributed by atoms with van der Waals surface area (Å²) in [6.07, 6.45) is 4.01. The van der Waals surface area contributed by atoms with E-state index >= 15 is 0 Å². The van der Waals surface area contributed by atoms with Crippen molar-refractivity contribution in [3.8, 4) is 0 Å². The van der Waals surface area contributed by atoms with Gasteiger partial charge in [-0.25, -0.2) is 4.98 Å². The average molecular weight is 298 g/mol. The number of benzene rings is 1. The third-order valence-corrected chi connectivity index (χ3v) is 4.31. The molecule has 1 N–H and O–H groups in total. The molecular weight excluding hydrogens is 280 g/mol. The Morgan fingerprint density at radius 3 is 2.90 bits per heavy atom. The fourth-order valence-electron chi connectivity index (χ4n) is 2.44. The molecule has 0 spiro atoms. The van der Waals surface area contributed by atoms with E-state index in [4.69, 9.17) is 0 Å². The highest BCUT2D eigenvalue weighted by molar-refractivity contribution is 7.98. The fraction of sp³-hybridized carbons (Fsp3) is 0.250. The highest BCUT2D eigenvalue weighted by atomic mass is 32.2. The predicted molar refractivity (Wildman–Crippen MR) is 88.8 cm³/mol. The highest BCUT2D eigenvalue weighted by Gasteiger charge is 2.07. The summed E-state index contributed by atoms with van der Waals surface area (Å²) in [7, 11) is 1.93. The number of rotatable bonds is 4. The summed E-state index contributed by atoms with van der Waals surface area (Å²) >= 11 is 1.75. The van der Waals surface area contributed by atoms with Gasteiger partial charge in [-0.15, -0.1) is 11.8 Å². The molecule has 0 bridgehead atoms. The van der Waals surface area contributed by atoms with Gasteiger partial charge in [0.15, 0.2) is 5.65 Å². The Labute approximate surface area is 128 Å². The quantitative estimate of drug-likeness (QED) is 0.747. The maximum absolute atomic E-state index is 4.51. The molecule has 0 radical (unpaired) electrons.